The molecule has 92 valence electrons. The number of aromatic nitrogens is 1. The van der Waals surface area contributed by atoms with E-state index in [4.69, 9.17) is 0 Å². The van der Waals surface area contributed by atoms with Gasteiger partial charge in [0.15, 0.2) is 5.78 Å². The Hall–Kier alpha value is -1.38. The highest BCUT2D eigenvalue weighted by Gasteiger charge is 2.20. The summed E-state index contributed by atoms with van der Waals surface area (Å²) in [5, 5.41) is 0. The summed E-state index contributed by atoms with van der Waals surface area (Å²) in [5.41, 5.74) is 0.752. The van der Waals surface area contributed by atoms with Gasteiger partial charge in [-0.1, -0.05) is 6.42 Å². The van der Waals surface area contributed by atoms with Crippen molar-refractivity contribution >= 4 is 11.6 Å². The molecule has 0 radical (unpaired) electrons. The van der Waals surface area contributed by atoms with Gasteiger partial charge in [0, 0.05) is 24.8 Å². The molecule has 1 aliphatic rings. The van der Waals surface area contributed by atoms with Crippen molar-refractivity contribution in [3.05, 3.63) is 23.9 Å². The number of anilines is 1. The Labute approximate surface area is 103 Å². The van der Waals surface area contributed by atoms with Crippen molar-refractivity contribution in [2.45, 2.75) is 33.1 Å². The predicted octanol–water partition coefficient (Wildman–Crippen LogP) is 2.91. The maximum atomic E-state index is 11.4. The Morgan fingerprint density at radius 3 is 2.82 bits per heavy atom. The molecule has 0 N–H and O–H groups in total. The molecule has 1 aromatic rings. The normalized spacial score (nSPS) is 15.4. The second-order valence-electron chi connectivity index (χ2n) is 4.79. The van der Waals surface area contributed by atoms with Gasteiger partial charge in [-0.2, -0.15) is 0 Å². The van der Waals surface area contributed by atoms with Crippen molar-refractivity contribution in [2.24, 2.45) is 5.92 Å². The van der Waals surface area contributed by atoms with Gasteiger partial charge in [-0.25, -0.2) is 4.98 Å². The number of nitrogens with zero attached hydrogens (tertiary/aromatic N) is 2. The van der Waals surface area contributed by atoms with Crippen molar-refractivity contribution in [3.8, 4) is 0 Å². The van der Waals surface area contributed by atoms with Crippen LogP contribution >= 0.6 is 0 Å². The number of carbonyl (C=O) groups is 1. The molecule has 1 saturated carbocycles. The van der Waals surface area contributed by atoms with Crippen LogP contribution in [0.25, 0.3) is 0 Å². The molecular formula is C14H20N2O. The number of rotatable bonds is 5. The summed E-state index contributed by atoms with van der Waals surface area (Å²) >= 11 is 0. The maximum Gasteiger partial charge on any atom is 0.159 e. The van der Waals surface area contributed by atoms with E-state index < -0.39 is 0 Å². The highest BCUT2D eigenvalue weighted by molar-refractivity contribution is 5.94. The Morgan fingerprint density at radius 1 is 1.53 bits per heavy atom. The standard InChI is InChI=1S/C14H20N2O/c1-3-16(10-12-5-4-6-12)14-9-13(11(2)17)7-8-15-14/h7-9,12H,3-6,10H2,1-2H3. The van der Waals surface area contributed by atoms with Crippen LogP contribution in [0.4, 0.5) is 5.82 Å². The number of hydrogen-bond donors (Lipinski definition) is 0. The van der Waals surface area contributed by atoms with Gasteiger partial charge in [0.05, 0.1) is 0 Å². The highest BCUT2D eigenvalue weighted by atomic mass is 16.1. The van der Waals surface area contributed by atoms with Crippen molar-refractivity contribution in [1.29, 1.82) is 0 Å². The summed E-state index contributed by atoms with van der Waals surface area (Å²) in [4.78, 5) is 18.0. The number of ketones is 1. The van der Waals surface area contributed by atoms with E-state index in [-0.39, 0.29) is 5.78 Å². The van der Waals surface area contributed by atoms with Crippen LogP contribution in [-0.4, -0.2) is 23.9 Å². The van der Waals surface area contributed by atoms with Crippen molar-refractivity contribution in [1.82, 2.24) is 4.98 Å². The Kier molecular flexibility index (Phi) is 3.77. The molecule has 0 saturated heterocycles. The summed E-state index contributed by atoms with van der Waals surface area (Å²) in [6, 6.07) is 3.69. The third-order valence-electron chi connectivity index (χ3n) is 3.56. The summed E-state index contributed by atoms with van der Waals surface area (Å²) in [5.74, 6) is 1.86. The Morgan fingerprint density at radius 2 is 2.29 bits per heavy atom. The molecule has 1 aromatic heterocycles. The van der Waals surface area contributed by atoms with Gasteiger partial charge in [-0.3, -0.25) is 4.79 Å². The van der Waals surface area contributed by atoms with E-state index in [2.05, 4.69) is 16.8 Å². The quantitative estimate of drug-likeness (QED) is 0.732. The average molecular weight is 232 g/mol. The van der Waals surface area contributed by atoms with Crippen molar-refractivity contribution < 1.29 is 4.79 Å². The number of Topliss-reactive ketones (excluding diaryl/α,β-unsaturated/α-hetero) is 1. The van der Waals surface area contributed by atoms with Gasteiger partial charge in [-0.05, 0) is 44.7 Å². The molecule has 0 atom stereocenters. The molecule has 3 heteroatoms. The lowest BCUT2D eigenvalue weighted by molar-refractivity contribution is 0.101. The predicted molar refractivity (Wildman–Crippen MR) is 69.5 cm³/mol. The fourth-order valence-corrected chi connectivity index (χ4v) is 2.18. The van der Waals surface area contributed by atoms with Crippen LogP contribution in [0.5, 0.6) is 0 Å². The average Bonchev–Trinajstić information content (AvgIpc) is 2.28. The Bertz CT molecular complexity index is 399. The smallest absolute Gasteiger partial charge is 0.159 e. The van der Waals surface area contributed by atoms with Gasteiger partial charge < -0.3 is 4.90 Å². The van der Waals surface area contributed by atoms with Gasteiger partial charge in [0.25, 0.3) is 0 Å². The zero-order valence-corrected chi connectivity index (χ0v) is 10.6. The van der Waals surface area contributed by atoms with Crippen LogP contribution in [0.2, 0.25) is 0 Å². The number of hydrogen-bond acceptors (Lipinski definition) is 3. The van der Waals surface area contributed by atoms with Gasteiger partial charge in [-0.15, -0.1) is 0 Å². The lowest BCUT2D eigenvalue weighted by Gasteiger charge is -2.32. The second kappa shape index (κ2) is 5.30. The van der Waals surface area contributed by atoms with E-state index in [0.29, 0.717) is 0 Å². The second-order valence-corrected chi connectivity index (χ2v) is 4.79. The summed E-state index contributed by atoms with van der Waals surface area (Å²) in [7, 11) is 0. The third-order valence-corrected chi connectivity index (χ3v) is 3.56. The van der Waals surface area contributed by atoms with Crippen LogP contribution in [-0.2, 0) is 0 Å². The SMILES string of the molecule is CCN(CC1CCC1)c1cc(C(C)=O)ccn1. The van der Waals surface area contributed by atoms with E-state index in [1.54, 1.807) is 19.2 Å². The van der Waals surface area contributed by atoms with E-state index in [9.17, 15) is 4.79 Å². The Balaban J connectivity index is 2.11. The summed E-state index contributed by atoms with van der Waals surface area (Å²) in [6.45, 7) is 5.76. The minimum atomic E-state index is 0.105. The maximum absolute atomic E-state index is 11.4. The molecule has 1 aliphatic carbocycles. The third kappa shape index (κ3) is 2.84. The van der Waals surface area contributed by atoms with Gasteiger partial charge >= 0.3 is 0 Å². The first-order chi connectivity index (χ1) is 8.20. The summed E-state index contributed by atoms with van der Waals surface area (Å²) < 4.78 is 0. The molecule has 0 aliphatic heterocycles. The molecule has 0 amide bonds. The van der Waals surface area contributed by atoms with Crippen molar-refractivity contribution in [3.63, 3.8) is 0 Å². The lowest BCUT2D eigenvalue weighted by atomic mass is 9.85. The number of pyridine rings is 1. The molecule has 0 aromatic carbocycles. The van der Waals surface area contributed by atoms with Crippen LogP contribution in [0.15, 0.2) is 18.3 Å². The highest BCUT2D eigenvalue weighted by Crippen LogP contribution is 2.28. The lowest BCUT2D eigenvalue weighted by Crippen LogP contribution is -2.33. The minimum Gasteiger partial charge on any atom is -0.357 e. The molecule has 0 spiro atoms. The molecule has 17 heavy (non-hydrogen) atoms. The zero-order chi connectivity index (χ0) is 12.3. The van der Waals surface area contributed by atoms with Gasteiger partial charge in [0.2, 0.25) is 0 Å². The fourth-order valence-electron chi connectivity index (χ4n) is 2.18. The topological polar surface area (TPSA) is 33.2 Å². The molecule has 2 rings (SSSR count). The van der Waals surface area contributed by atoms with E-state index >= 15 is 0 Å². The van der Waals surface area contributed by atoms with Crippen LogP contribution in [0, 0.1) is 5.92 Å². The first-order valence-corrected chi connectivity index (χ1v) is 6.42. The van der Waals surface area contributed by atoms with Crippen LogP contribution in [0.1, 0.15) is 43.5 Å². The van der Waals surface area contributed by atoms with E-state index in [0.717, 1.165) is 30.4 Å². The molecule has 0 bridgehead atoms. The van der Waals surface area contributed by atoms with Crippen LogP contribution < -0.4 is 4.90 Å². The van der Waals surface area contributed by atoms with Crippen molar-refractivity contribution in [2.75, 3.05) is 18.0 Å². The minimum absolute atomic E-state index is 0.105. The van der Waals surface area contributed by atoms with Crippen LogP contribution in [0.3, 0.4) is 0 Å². The number of carbonyl (C=O) groups excluding carboxylic acids is 1. The molecule has 1 fully saturated rings. The largest absolute Gasteiger partial charge is 0.357 e. The monoisotopic (exact) mass is 232 g/mol. The first kappa shape index (κ1) is 12.1. The molecule has 3 nitrogen and oxygen atoms in total. The molecule has 0 unspecified atom stereocenters. The van der Waals surface area contributed by atoms with E-state index in [1.807, 2.05) is 6.07 Å². The zero-order valence-electron chi connectivity index (χ0n) is 10.6. The van der Waals surface area contributed by atoms with Gasteiger partial charge in [0.1, 0.15) is 5.82 Å². The molecular weight excluding hydrogens is 212 g/mol. The first-order valence-electron chi connectivity index (χ1n) is 6.42. The summed E-state index contributed by atoms with van der Waals surface area (Å²) in [6.07, 6.45) is 5.77. The fraction of sp³-hybridized carbons (Fsp3) is 0.571. The van der Waals surface area contributed by atoms with E-state index in [1.165, 1.54) is 19.3 Å². The molecule has 1 heterocycles.